The van der Waals surface area contributed by atoms with Crippen LogP contribution in [0.15, 0.2) is 0 Å². The molecule has 0 spiro atoms. The van der Waals surface area contributed by atoms with Crippen LogP contribution in [0, 0.1) is 5.92 Å². The van der Waals surface area contributed by atoms with Gasteiger partial charge in [-0.15, -0.1) is 0 Å². The number of carbonyl (C=O) groups is 2. The van der Waals surface area contributed by atoms with Crippen LogP contribution in [0.2, 0.25) is 0 Å². The molecule has 0 aliphatic carbocycles. The van der Waals surface area contributed by atoms with Gasteiger partial charge in [-0.25, -0.2) is 0 Å². The summed E-state index contributed by atoms with van der Waals surface area (Å²) >= 11 is 0. The Hall–Kier alpha value is -0.860. The molecule has 0 amide bonds. The van der Waals surface area contributed by atoms with E-state index < -0.39 is 5.92 Å². The van der Waals surface area contributed by atoms with Crippen molar-refractivity contribution in [3.05, 3.63) is 0 Å². The van der Waals surface area contributed by atoms with Crippen molar-refractivity contribution >= 4 is 12.3 Å². The summed E-state index contributed by atoms with van der Waals surface area (Å²) in [6.45, 7) is 4.22. The van der Waals surface area contributed by atoms with Gasteiger partial charge in [0.15, 0.2) is 0 Å². The van der Waals surface area contributed by atoms with Crippen LogP contribution in [-0.2, 0) is 14.3 Å². The molecule has 0 unspecified atom stereocenters. The fraction of sp³-hybridized carbons (Fsp3) is 0.818. The fourth-order valence-corrected chi connectivity index (χ4v) is 1.28. The van der Waals surface area contributed by atoms with E-state index in [1.54, 1.807) is 6.92 Å². The van der Waals surface area contributed by atoms with Crippen LogP contribution in [0.3, 0.4) is 0 Å². The maximum Gasteiger partial charge on any atom is 0.316 e. The first-order valence-electron chi connectivity index (χ1n) is 5.38. The van der Waals surface area contributed by atoms with Gasteiger partial charge in [-0.1, -0.05) is 32.6 Å². The topological polar surface area (TPSA) is 43.4 Å². The Bertz CT molecular complexity index is 166. The zero-order valence-corrected chi connectivity index (χ0v) is 9.12. The van der Waals surface area contributed by atoms with Gasteiger partial charge in [0.2, 0.25) is 0 Å². The summed E-state index contributed by atoms with van der Waals surface area (Å²) in [6.07, 6.45) is 5.65. The minimum absolute atomic E-state index is 0.345. The molecule has 0 aromatic rings. The maximum absolute atomic E-state index is 11.2. The van der Waals surface area contributed by atoms with E-state index in [0.717, 1.165) is 25.7 Å². The van der Waals surface area contributed by atoms with E-state index in [2.05, 4.69) is 6.92 Å². The third-order valence-corrected chi connectivity index (χ3v) is 2.12. The van der Waals surface area contributed by atoms with Gasteiger partial charge in [-0.05, 0) is 13.3 Å². The molecule has 0 heterocycles. The Morgan fingerprint density at radius 2 is 2.00 bits per heavy atom. The molecule has 3 heteroatoms. The first-order chi connectivity index (χ1) is 6.76. The third kappa shape index (κ3) is 5.73. The van der Waals surface area contributed by atoms with Crippen molar-refractivity contribution in [1.29, 1.82) is 0 Å². The summed E-state index contributed by atoms with van der Waals surface area (Å²) in [5, 5.41) is 0. The van der Waals surface area contributed by atoms with Crippen LogP contribution in [0.1, 0.15) is 46.0 Å². The number of esters is 1. The average Bonchev–Trinajstić information content (AvgIpc) is 2.18. The van der Waals surface area contributed by atoms with Gasteiger partial charge >= 0.3 is 5.97 Å². The Balaban J connectivity index is 3.67. The van der Waals surface area contributed by atoms with E-state index in [0.29, 0.717) is 19.3 Å². The summed E-state index contributed by atoms with van der Waals surface area (Å²) < 4.78 is 4.78. The van der Waals surface area contributed by atoms with Crippen molar-refractivity contribution in [2.75, 3.05) is 6.61 Å². The quantitative estimate of drug-likeness (QED) is 0.261. The van der Waals surface area contributed by atoms with Crippen LogP contribution in [-0.4, -0.2) is 18.9 Å². The smallest absolute Gasteiger partial charge is 0.316 e. The van der Waals surface area contributed by atoms with Crippen LogP contribution < -0.4 is 0 Å². The second-order valence-corrected chi connectivity index (χ2v) is 3.34. The van der Waals surface area contributed by atoms with E-state index in [9.17, 15) is 9.59 Å². The molecular formula is C11H20O3. The lowest BCUT2D eigenvalue weighted by Crippen LogP contribution is -2.18. The lowest BCUT2D eigenvalue weighted by molar-refractivity contribution is -0.149. The highest BCUT2D eigenvalue weighted by atomic mass is 16.5. The zero-order valence-electron chi connectivity index (χ0n) is 9.12. The summed E-state index contributed by atoms with van der Waals surface area (Å²) in [5.41, 5.74) is 0. The summed E-state index contributed by atoms with van der Waals surface area (Å²) in [6, 6.07) is 0. The van der Waals surface area contributed by atoms with Crippen molar-refractivity contribution in [2.45, 2.75) is 46.0 Å². The van der Waals surface area contributed by atoms with Gasteiger partial charge in [0, 0.05) is 0 Å². The molecule has 0 N–H and O–H groups in total. The average molecular weight is 200 g/mol. The molecule has 0 fully saturated rings. The SMILES string of the molecule is CCCCCC[C@H](C=O)C(=O)OCC. The van der Waals surface area contributed by atoms with Gasteiger partial charge in [0.05, 0.1) is 6.61 Å². The molecule has 0 rings (SSSR count). The normalized spacial score (nSPS) is 12.1. The molecule has 3 nitrogen and oxygen atoms in total. The standard InChI is InChI=1S/C11H20O3/c1-3-5-6-7-8-10(9-12)11(13)14-4-2/h9-10H,3-8H2,1-2H3/t10-/m1/s1. The number of hydrogen-bond acceptors (Lipinski definition) is 3. The van der Waals surface area contributed by atoms with E-state index in [1.807, 2.05) is 0 Å². The van der Waals surface area contributed by atoms with Crippen molar-refractivity contribution in [3.63, 3.8) is 0 Å². The lowest BCUT2D eigenvalue weighted by Gasteiger charge is -2.08. The maximum atomic E-state index is 11.2. The molecule has 0 saturated carbocycles. The predicted octanol–water partition coefficient (Wildman–Crippen LogP) is 2.33. The molecule has 82 valence electrons. The molecule has 0 aromatic carbocycles. The van der Waals surface area contributed by atoms with E-state index >= 15 is 0 Å². The van der Waals surface area contributed by atoms with E-state index in [4.69, 9.17) is 4.74 Å². The number of ether oxygens (including phenoxy) is 1. The number of carbonyl (C=O) groups excluding carboxylic acids is 2. The monoisotopic (exact) mass is 200 g/mol. The van der Waals surface area contributed by atoms with Crippen LogP contribution in [0.5, 0.6) is 0 Å². The minimum atomic E-state index is -0.549. The Morgan fingerprint density at radius 3 is 2.50 bits per heavy atom. The lowest BCUT2D eigenvalue weighted by atomic mass is 10.0. The first kappa shape index (κ1) is 13.1. The summed E-state index contributed by atoms with van der Waals surface area (Å²) in [5.74, 6) is -0.925. The van der Waals surface area contributed by atoms with Gasteiger partial charge < -0.3 is 9.53 Å². The second-order valence-electron chi connectivity index (χ2n) is 3.34. The van der Waals surface area contributed by atoms with Crippen molar-refractivity contribution in [2.24, 2.45) is 5.92 Å². The Kier molecular flexibility index (Phi) is 8.19. The largest absolute Gasteiger partial charge is 0.465 e. The zero-order chi connectivity index (χ0) is 10.8. The number of unbranched alkanes of at least 4 members (excludes halogenated alkanes) is 3. The van der Waals surface area contributed by atoms with Crippen LogP contribution in [0.4, 0.5) is 0 Å². The predicted molar refractivity (Wildman–Crippen MR) is 54.9 cm³/mol. The summed E-state index contributed by atoms with van der Waals surface area (Å²) in [4.78, 5) is 21.8. The highest BCUT2D eigenvalue weighted by molar-refractivity contribution is 5.87. The second kappa shape index (κ2) is 8.73. The number of rotatable bonds is 8. The highest BCUT2D eigenvalue weighted by Crippen LogP contribution is 2.10. The molecule has 0 aliphatic rings. The number of hydrogen-bond donors (Lipinski definition) is 0. The van der Waals surface area contributed by atoms with Crippen LogP contribution >= 0.6 is 0 Å². The Morgan fingerprint density at radius 1 is 1.29 bits per heavy atom. The van der Waals surface area contributed by atoms with Gasteiger partial charge in [0.25, 0.3) is 0 Å². The molecule has 0 aliphatic heterocycles. The summed E-state index contributed by atoms with van der Waals surface area (Å²) in [7, 11) is 0. The molecule has 1 atom stereocenters. The van der Waals surface area contributed by atoms with Crippen LogP contribution in [0.25, 0.3) is 0 Å². The molecule has 0 aromatic heterocycles. The van der Waals surface area contributed by atoms with Gasteiger partial charge in [-0.3, -0.25) is 4.79 Å². The third-order valence-electron chi connectivity index (χ3n) is 2.12. The molecule has 0 saturated heterocycles. The molecule has 0 bridgehead atoms. The van der Waals surface area contributed by atoms with Gasteiger partial charge in [0.1, 0.15) is 12.2 Å². The molecular weight excluding hydrogens is 180 g/mol. The van der Waals surface area contributed by atoms with Crippen molar-refractivity contribution < 1.29 is 14.3 Å². The first-order valence-corrected chi connectivity index (χ1v) is 5.38. The van der Waals surface area contributed by atoms with E-state index in [1.165, 1.54) is 0 Å². The fourth-order valence-electron chi connectivity index (χ4n) is 1.28. The van der Waals surface area contributed by atoms with Crippen molar-refractivity contribution in [3.8, 4) is 0 Å². The number of aldehydes is 1. The Labute approximate surface area is 85.8 Å². The molecule has 0 radical (unpaired) electrons. The van der Waals surface area contributed by atoms with E-state index in [-0.39, 0.29) is 5.97 Å². The van der Waals surface area contributed by atoms with Gasteiger partial charge in [-0.2, -0.15) is 0 Å². The molecule has 14 heavy (non-hydrogen) atoms. The highest BCUT2D eigenvalue weighted by Gasteiger charge is 2.17. The minimum Gasteiger partial charge on any atom is -0.465 e. The van der Waals surface area contributed by atoms with Crippen molar-refractivity contribution in [1.82, 2.24) is 0 Å².